The van der Waals surface area contributed by atoms with Gasteiger partial charge in [0, 0.05) is 18.1 Å². The molecule has 1 spiro atoms. The fraction of sp³-hybridized carbons (Fsp3) is 1.00. The Morgan fingerprint density at radius 1 is 1.31 bits per heavy atom. The van der Waals surface area contributed by atoms with E-state index in [0.29, 0.717) is 5.25 Å². The van der Waals surface area contributed by atoms with E-state index in [-0.39, 0.29) is 5.79 Å². The third-order valence-corrected chi connectivity index (χ3v) is 4.46. The molecular formula is C10H18O2S. The van der Waals surface area contributed by atoms with Crippen LogP contribution in [0, 0.1) is 5.92 Å². The Labute approximate surface area is 84.4 Å². The average Bonchev–Trinajstić information content (AvgIpc) is 2.53. The molecule has 0 aliphatic carbocycles. The molecule has 2 nitrogen and oxygen atoms in total. The fourth-order valence-corrected chi connectivity index (χ4v) is 3.51. The van der Waals surface area contributed by atoms with E-state index in [1.165, 1.54) is 5.75 Å². The zero-order chi connectivity index (χ0) is 9.31. The van der Waals surface area contributed by atoms with Crippen LogP contribution in [0.5, 0.6) is 0 Å². The second kappa shape index (κ2) is 3.79. The van der Waals surface area contributed by atoms with Crippen molar-refractivity contribution in [1.29, 1.82) is 0 Å². The van der Waals surface area contributed by atoms with E-state index in [1.807, 2.05) is 0 Å². The summed E-state index contributed by atoms with van der Waals surface area (Å²) in [6.07, 6.45) is 2.15. The minimum absolute atomic E-state index is 0.194. The lowest BCUT2D eigenvalue weighted by atomic mass is 9.99. The predicted octanol–water partition coefficient (Wildman–Crippen LogP) is 2.28. The van der Waals surface area contributed by atoms with Crippen LogP contribution in [-0.4, -0.2) is 30.0 Å². The highest BCUT2D eigenvalue weighted by Gasteiger charge is 2.42. The number of ether oxygens (including phenoxy) is 2. The molecule has 76 valence electrons. The van der Waals surface area contributed by atoms with Gasteiger partial charge in [0.25, 0.3) is 0 Å². The van der Waals surface area contributed by atoms with Gasteiger partial charge >= 0.3 is 0 Å². The average molecular weight is 202 g/mol. The Morgan fingerprint density at radius 3 is 2.62 bits per heavy atom. The van der Waals surface area contributed by atoms with Crippen molar-refractivity contribution in [3.63, 3.8) is 0 Å². The van der Waals surface area contributed by atoms with Crippen LogP contribution < -0.4 is 0 Å². The Bertz CT molecular complexity index is 176. The summed E-state index contributed by atoms with van der Waals surface area (Å²) in [5.74, 6) is 1.72. The second-order valence-corrected chi connectivity index (χ2v) is 5.56. The van der Waals surface area contributed by atoms with E-state index in [9.17, 15) is 0 Å². The normalized spacial score (nSPS) is 33.0. The molecule has 3 heteroatoms. The summed E-state index contributed by atoms with van der Waals surface area (Å²) in [6.45, 7) is 6.14. The van der Waals surface area contributed by atoms with Gasteiger partial charge in [0.2, 0.25) is 0 Å². The fourth-order valence-electron chi connectivity index (χ4n) is 2.02. The van der Waals surface area contributed by atoms with Crippen molar-refractivity contribution in [1.82, 2.24) is 0 Å². The lowest BCUT2D eigenvalue weighted by molar-refractivity contribution is -0.166. The highest BCUT2D eigenvalue weighted by Crippen LogP contribution is 2.41. The highest BCUT2D eigenvalue weighted by molar-refractivity contribution is 7.99. The van der Waals surface area contributed by atoms with Gasteiger partial charge in [-0.1, -0.05) is 13.8 Å². The quantitative estimate of drug-likeness (QED) is 0.650. The Kier molecular flexibility index (Phi) is 2.86. The van der Waals surface area contributed by atoms with Gasteiger partial charge in [-0.3, -0.25) is 0 Å². The van der Waals surface area contributed by atoms with Gasteiger partial charge in [0.1, 0.15) is 0 Å². The van der Waals surface area contributed by atoms with E-state index in [2.05, 4.69) is 25.6 Å². The van der Waals surface area contributed by atoms with Gasteiger partial charge in [-0.05, 0) is 11.7 Å². The van der Waals surface area contributed by atoms with E-state index in [1.54, 1.807) is 0 Å². The Hall–Kier alpha value is 0.270. The monoisotopic (exact) mass is 202 g/mol. The van der Waals surface area contributed by atoms with Crippen LogP contribution in [0.3, 0.4) is 0 Å². The minimum atomic E-state index is -0.194. The van der Waals surface area contributed by atoms with Crippen LogP contribution in [0.25, 0.3) is 0 Å². The van der Waals surface area contributed by atoms with Crippen LogP contribution in [0.2, 0.25) is 0 Å². The maximum atomic E-state index is 5.73. The van der Waals surface area contributed by atoms with Crippen molar-refractivity contribution in [2.24, 2.45) is 5.92 Å². The molecule has 0 saturated carbocycles. The minimum Gasteiger partial charge on any atom is -0.347 e. The van der Waals surface area contributed by atoms with Crippen molar-refractivity contribution < 1.29 is 9.47 Å². The van der Waals surface area contributed by atoms with Crippen molar-refractivity contribution >= 4 is 11.8 Å². The lowest BCUT2D eigenvalue weighted by Crippen LogP contribution is -2.39. The van der Waals surface area contributed by atoms with Crippen LogP contribution in [0.1, 0.15) is 26.7 Å². The van der Waals surface area contributed by atoms with Crippen LogP contribution >= 0.6 is 11.8 Å². The third-order valence-electron chi connectivity index (χ3n) is 2.88. The van der Waals surface area contributed by atoms with Crippen molar-refractivity contribution in [3.8, 4) is 0 Å². The molecule has 2 aliphatic rings. The molecule has 2 saturated heterocycles. The van der Waals surface area contributed by atoms with Gasteiger partial charge in [-0.15, -0.1) is 0 Å². The van der Waals surface area contributed by atoms with Crippen molar-refractivity contribution in [2.45, 2.75) is 37.7 Å². The first-order chi connectivity index (χ1) is 6.22. The molecule has 0 aromatic carbocycles. The lowest BCUT2D eigenvalue weighted by Gasteiger charge is -2.37. The van der Waals surface area contributed by atoms with Gasteiger partial charge in [0.15, 0.2) is 5.79 Å². The molecule has 1 atom stereocenters. The molecule has 13 heavy (non-hydrogen) atoms. The van der Waals surface area contributed by atoms with E-state index in [0.717, 1.165) is 32.0 Å². The van der Waals surface area contributed by atoms with Crippen LogP contribution in [0.4, 0.5) is 0 Å². The summed E-state index contributed by atoms with van der Waals surface area (Å²) in [6, 6.07) is 0. The first kappa shape index (κ1) is 9.81. The largest absolute Gasteiger partial charge is 0.347 e. The first-order valence-electron chi connectivity index (χ1n) is 5.11. The standard InChI is InChI=1S/C10H18O2S/c1-8(2)9-7-10(3-6-13-9)11-4-5-12-10/h8-9H,3-7H2,1-2H3. The molecule has 0 amide bonds. The topological polar surface area (TPSA) is 18.5 Å². The SMILES string of the molecule is CC(C)C1CC2(CCS1)OCCO2. The Balaban J connectivity index is 1.98. The molecule has 2 aliphatic heterocycles. The zero-order valence-electron chi connectivity index (χ0n) is 8.41. The third kappa shape index (κ3) is 2.03. The Morgan fingerprint density at radius 2 is 2.00 bits per heavy atom. The summed E-state index contributed by atoms with van der Waals surface area (Å²) in [5, 5.41) is 0.715. The second-order valence-electron chi connectivity index (χ2n) is 4.21. The molecule has 0 aromatic heterocycles. The summed E-state index contributed by atoms with van der Waals surface area (Å²) in [4.78, 5) is 0. The number of hydrogen-bond donors (Lipinski definition) is 0. The summed E-state index contributed by atoms with van der Waals surface area (Å²) in [7, 11) is 0. The maximum absolute atomic E-state index is 5.73. The molecule has 2 heterocycles. The van der Waals surface area contributed by atoms with E-state index < -0.39 is 0 Å². The van der Waals surface area contributed by atoms with Crippen LogP contribution in [-0.2, 0) is 9.47 Å². The number of hydrogen-bond acceptors (Lipinski definition) is 3. The van der Waals surface area contributed by atoms with E-state index >= 15 is 0 Å². The summed E-state index contributed by atoms with van der Waals surface area (Å²) < 4.78 is 11.5. The molecule has 0 radical (unpaired) electrons. The molecule has 2 rings (SSSR count). The van der Waals surface area contributed by atoms with E-state index in [4.69, 9.17) is 9.47 Å². The molecule has 0 N–H and O–H groups in total. The number of rotatable bonds is 1. The summed E-state index contributed by atoms with van der Waals surface area (Å²) >= 11 is 2.07. The van der Waals surface area contributed by atoms with Gasteiger partial charge in [-0.2, -0.15) is 11.8 Å². The highest BCUT2D eigenvalue weighted by atomic mass is 32.2. The smallest absolute Gasteiger partial charge is 0.170 e. The molecule has 2 fully saturated rings. The van der Waals surface area contributed by atoms with Crippen molar-refractivity contribution in [3.05, 3.63) is 0 Å². The predicted molar refractivity (Wildman–Crippen MR) is 55.0 cm³/mol. The van der Waals surface area contributed by atoms with Crippen LogP contribution in [0.15, 0.2) is 0 Å². The van der Waals surface area contributed by atoms with Crippen molar-refractivity contribution in [2.75, 3.05) is 19.0 Å². The maximum Gasteiger partial charge on any atom is 0.170 e. The molecule has 1 unspecified atom stereocenters. The molecule has 0 aromatic rings. The first-order valence-corrected chi connectivity index (χ1v) is 6.16. The molecular weight excluding hydrogens is 184 g/mol. The van der Waals surface area contributed by atoms with Gasteiger partial charge in [0.05, 0.1) is 13.2 Å². The number of thioether (sulfide) groups is 1. The zero-order valence-corrected chi connectivity index (χ0v) is 9.23. The van der Waals surface area contributed by atoms with Gasteiger partial charge in [-0.25, -0.2) is 0 Å². The molecule has 0 bridgehead atoms. The van der Waals surface area contributed by atoms with Gasteiger partial charge < -0.3 is 9.47 Å². The summed E-state index contributed by atoms with van der Waals surface area (Å²) in [5.41, 5.74) is 0.